The number of nitrogens with zero attached hydrogens (tertiary/aromatic N) is 1. The van der Waals surface area contributed by atoms with Crippen LogP contribution < -0.4 is 0 Å². The maximum Gasteiger partial charge on any atom is 0.410 e. The fourth-order valence-electron chi connectivity index (χ4n) is 1.61. The molecule has 1 saturated heterocycles. The molecule has 0 bridgehead atoms. The summed E-state index contributed by atoms with van der Waals surface area (Å²) in [6.07, 6.45) is 7.09. The lowest BCUT2D eigenvalue weighted by molar-refractivity contribution is 0.0190. The van der Waals surface area contributed by atoms with E-state index in [4.69, 9.17) is 11.2 Å². The second-order valence-corrected chi connectivity index (χ2v) is 4.93. The van der Waals surface area contributed by atoms with Crippen molar-refractivity contribution in [2.45, 2.75) is 39.2 Å². The average molecular weight is 209 g/mol. The molecule has 0 radical (unpaired) electrons. The van der Waals surface area contributed by atoms with Gasteiger partial charge in [0.1, 0.15) is 5.60 Å². The quantitative estimate of drug-likeness (QED) is 0.573. The summed E-state index contributed by atoms with van der Waals surface area (Å²) in [5.41, 5.74) is -0.430. The summed E-state index contributed by atoms with van der Waals surface area (Å²) in [7, 11) is 0. The van der Waals surface area contributed by atoms with Gasteiger partial charge in [-0.2, -0.15) is 0 Å². The van der Waals surface area contributed by atoms with Gasteiger partial charge in [-0.25, -0.2) is 4.79 Å². The predicted octanol–water partition coefficient (Wildman–Crippen LogP) is 2.27. The first-order valence-electron chi connectivity index (χ1n) is 5.36. The van der Waals surface area contributed by atoms with Gasteiger partial charge in [0.2, 0.25) is 0 Å². The molecule has 1 heterocycles. The lowest BCUT2D eigenvalue weighted by Crippen LogP contribution is -2.42. The first kappa shape index (κ1) is 11.9. The molecule has 1 aliphatic heterocycles. The van der Waals surface area contributed by atoms with Crippen LogP contribution in [0.25, 0.3) is 0 Å². The standard InChI is InChI=1S/C12H19NO2/c1-5-10-7-6-8-13(9-10)11(14)15-12(2,3)4/h1,10H,6-9H2,2-4H3/t10-/m0/s1. The molecule has 0 unspecified atom stereocenters. The smallest absolute Gasteiger partial charge is 0.410 e. The van der Waals surface area contributed by atoms with Gasteiger partial charge in [-0.3, -0.25) is 0 Å². The van der Waals surface area contributed by atoms with Gasteiger partial charge in [0.25, 0.3) is 0 Å². The highest BCUT2D eigenvalue weighted by Crippen LogP contribution is 2.18. The third-order valence-electron chi connectivity index (χ3n) is 2.31. The number of rotatable bonds is 0. The lowest BCUT2D eigenvalue weighted by atomic mass is 9.99. The number of carbonyl (C=O) groups is 1. The first-order chi connectivity index (χ1) is 6.92. The monoisotopic (exact) mass is 209 g/mol. The van der Waals surface area contributed by atoms with Gasteiger partial charge in [-0.1, -0.05) is 0 Å². The van der Waals surface area contributed by atoms with Crippen molar-refractivity contribution >= 4 is 6.09 Å². The number of carbonyl (C=O) groups excluding carboxylic acids is 1. The zero-order valence-electron chi connectivity index (χ0n) is 9.75. The number of terminal acetylenes is 1. The molecule has 1 atom stereocenters. The van der Waals surface area contributed by atoms with E-state index in [9.17, 15) is 4.79 Å². The summed E-state index contributed by atoms with van der Waals surface area (Å²) < 4.78 is 5.29. The molecule has 1 aliphatic rings. The van der Waals surface area contributed by atoms with Crippen molar-refractivity contribution in [3.8, 4) is 12.3 Å². The third-order valence-corrected chi connectivity index (χ3v) is 2.31. The minimum Gasteiger partial charge on any atom is -0.444 e. The van der Waals surface area contributed by atoms with Crippen LogP contribution in [0.1, 0.15) is 33.6 Å². The first-order valence-corrected chi connectivity index (χ1v) is 5.36. The van der Waals surface area contributed by atoms with Crippen molar-refractivity contribution in [3.05, 3.63) is 0 Å². The maximum absolute atomic E-state index is 11.7. The summed E-state index contributed by atoms with van der Waals surface area (Å²) in [6.45, 7) is 6.99. The number of likely N-dealkylation sites (tertiary alicyclic amines) is 1. The Balaban J connectivity index is 2.50. The van der Waals surface area contributed by atoms with Crippen molar-refractivity contribution in [3.63, 3.8) is 0 Å². The van der Waals surface area contributed by atoms with Gasteiger partial charge in [0.05, 0.1) is 0 Å². The maximum atomic E-state index is 11.7. The Hall–Kier alpha value is -1.17. The van der Waals surface area contributed by atoms with Crippen LogP contribution in [0, 0.1) is 18.3 Å². The predicted molar refractivity (Wildman–Crippen MR) is 59.4 cm³/mol. The van der Waals surface area contributed by atoms with Crippen molar-refractivity contribution in [1.29, 1.82) is 0 Å². The van der Waals surface area contributed by atoms with E-state index in [1.165, 1.54) is 0 Å². The molecule has 1 amide bonds. The highest BCUT2D eigenvalue weighted by Gasteiger charge is 2.26. The van der Waals surface area contributed by atoms with E-state index in [0.717, 1.165) is 19.4 Å². The van der Waals surface area contributed by atoms with Crippen molar-refractivity contribution in [1.82, 2.24) is 4.90 Å². The Morgan fingerprint density at radius 3 is 2.73 bits per heavy atom. The number of hydrogen-bond donors (Lipinski definition) is 0. The van der Waals surface area contributed by atoms with E-state index in [-0.39, 0.29) is 12.0 Å². The second-order valence-electron chi connectivity index (χ2n) is 4.93. The second kappa shape index (κ2) is 4.57. The van der Waals surface area contributed by atoms with Gasteiger partial charge >= 0.3 is 6.09 Å². The van der Waals surface area contributed by atoms with E-state index in [0.29, 0.717) is 6.54 Å². The third kappa shape index (κ3) is 3.83. The molecule has 3 nitrogen and oxygen atoms in total. The fourth-order valence-corrected chi connectivity index (χ4v) is 1.61. The van der Waals surface area contributed by atoms with Crippen molar-refractivity contribution in [2.24, 2.45) is 5.92 Å². The molecule has 1 fully saturated rings. The minimum atomic E-state index is -0.430. The summed E-state index contributed by atoms with van der Waals surface area (Å²) >= 11 is 0. The molecule has 3 heteroatoms. The van der Waals surface area contributed by atoms with E-state index in [1.807, 2.05) is 20.8 Å². The molecule has 0 aliphatic carbocycles. The molecule has 0 aromatic carbocycles. The molecule has 15 heavy (non-hydrogen) atoms. The molecular formula is C12H19NO2. The van der Waals surface area contributed by atoms with E-state index < -0.39 is 5.60 Å². The highest BCUT2D eigenvalue weighted by atomic mass is 16.6. The van der Waals surface area contributed by atoms with Crippen molar-refractivity contribution < 1.29 is 9.53 Å². The van der Waals surface area contributed by atoms with Gasteiger partial charge in [0.15, 0.2) is 0 Å². The molecule has 84 valence electrons. The van der Waals surface area contributed by atoms with Crippen LogP contribution in [0.3, 0.4) is 0 Å². The summed E-state index contributed by atoms with van der Waals surface area (Å²) in [5.74, 6) is 2.89. The Morgan fingerprint density at radius 2 is 2.20 bits per heavy atom. The minimum absolute atomic E-state index is 0.186. The molecule has 0 aromatic heterocycles. The van der Waals surface area contributed by atoms with Crippen LogP contribution >= 0.6 is 0 Å². The van der Waals surface area contributed by atoms with Crippen LogP contribution in [0.5, 0.6) is 0 Å². The molecule has 1 rings (SSSR count). The van der Waals surface area contributed by atoms with Gasteiger partial charge in [0, 0.05) is 19.0 Å². The number of hydrogen-bond acceptors (Lipinski definition) is 2. The molecular weight excluding hydrogens is 190 g/mol. The SMILES string of the molecule is C#C[C@H]1CCCN(C(=O)OC(C)(C)C)C1. The van der Waals surface area contributed by atoms with Gasteiger partial charge in [-0.05, 0) is 33.6 Å². The van der Waals surface area contributed by atoms with Crippen LogP contribution in [0.15, 0.2) is 0 Å². The summed E-state index contributed by atoms with van der Waals surface area (Å²) in [5, 5.41) is 0. The topological polar surface area (TPSA) is 29.5 Å². The van der Waals surface area contributed by atoms with Crippen LogP contribution in [0.2, 0.25) is 0 Å². The Labute approximate surface area is 91.8 Å². The summed E-state index contributed by atoms with van der Waals surface area (Å²) in [6, 6.07) is 0. The zero-order valence-corrected chi connectivity index (χ0v) is 9.75. The largest absolute Gasteiger partial charge is 0.444 e. The molecule has 0 aromatic rings. The number of piperidine rings is 1. The van der Waals surface area contributed by atoms with E-state index in [1.54, 1.807) is 4.90 Å². The molecule has 0 saturated carbocycles. The Morgan fingerprint density at radius 1 is 1.53 bits per heavy atom. The number of amides is 1. The van der Waals surface area contributed by atoms with E-state index >= 15 is 0 Å². The number of ether oxygens (including phenoxy) is 1. The van der Waals surface area contributed by atoms with E-state index in [2.05, 4.69) is 5.92 Å². The average Bonchev–Trinajstić information content (AvgIpc) is 2.15. The van der Waals surface area contributed by atoms with Gasteiger partial charge < -0.3 is 9.64 Å². The summed E-state index contributed by atoms with van der Waals surface area (Å²) in [4.78, 5) is 13.4. The Bertz CT molecular complexity index is 272. The lowest BCUT2D eigenvalue weighted by Gasteiger charge is -2.32. The van der Waals surface area contributed by atoms with Crippen molar-refractivity contribution in [2.75, 3.05) is 13.1 Å². The van der Waals surface area contributed by atoms with Gasteiger partial charge in [-0.15, -0.1) is 12.3 Å². The van der Waals surface area contributed by atoms with Crippen LogP contribution in [-0.2, 0) is 4.74 Å². The van der Waals surface area contributed by atoms with Crippen LogP contribution in [-0.4, -0.2) is 29.7 Å². The zero-order chi connectivity index (χ0) is 11.5. The molecule has 0 spiro atoms. The fraction of sp³-hybridized carbons (Fsp3) is 0.750. The molecule has 0 N–H and O–H groups in total. The highest BCUT2D eigenvalue weighted by molar-refractivity contribution is 5.68. The normalized spacial score (nSPS) is 22.0. The van der Waals surface area contributed by atoms with Crippen LogP contribution in [0.4, 0.5) is 4.79 Å². The Kier molecular flexibility index (Phi) is 3.62.